The highest BCUT2D eigenvalue weighted by atomic mass is 16.3. The van der Waals surface area contributed by atoms with E-state index in [4.69, 9.17) is 0 Å². The third-order valence-electron chi connectivity index (χ3n) is 3.42. The van der Waals surface area contributed by atoms with Crippen LogP contribution in [0.15, 0.2) is 6.07 Å². The van der Waals surface area contributed by atoms with Crippen molar-refractivity contribution in [1.29, 1.82) is 0 Å². The number of hydrogen-bond acceptors (Lipinski definition) is 5. The molecule has 1 saturated carbocycles. The van der Waals surface area contributed by atoms with Gasteiger partial charge >= 0.3 is 0 Å². The second-order valence-electron chi connectivity index (χ2n) is 6.37. The van der Waals surface area contributed by atoms with Gasteiger partial charge in [-0.1, -0.05) is 20.8 Å². The Bertz CT molecular complexity index is 443. The van der Waals surface area contributed by atoms with E-state index in [2.05, 4.69) is 27.5 Å². The molecule has 1 aromatic rings. The van der Waals surface area contributed by atoms with Crippen molar-refractivity contribution >= 4 is 11.6 Å². The summed E-state index contributed by atoms with van der Waals surface area (Å²) in [5.41, 5.74) is -0.151. The van der Waals surface area contributed by atoms with Crippen molar-refractivity contribution in [2.24, 2.45) is 5.41 Å². The fourth-order valence-corrected chi connectivity index (χ4v) is 1.81. The maximum absolute atomic E-state index is 9.31. The summed E-state index contributed by atoms with van der Waals surface area (Å²) in [5, 5.41) is 16.0. The number of aliphatic hydroxyl groups excluding tert-OH is 1. The predicted molar refractivity (Wildman–Crippen MR) is 82.1 cm³/mol. The molecule has 1 aliphatic rings. The van der Waals surface area contributed by atoms with Crippen molar-refractivity contribution in [3.05, 3.63) is 11.9 Å². The summed E-state index contributed by atoms with van der Waals surface area (Å²) in [5.74, 6) is 3.22. The molecule has 0 amide bonds. The molecule has 0 aliphatic heterocycles. The first-order valence-electron chi connectivity index (χ1n) is 7.51. The average molecular weight is 278 g/mol. The van der Waals surface area contributed by atoms with Crippen LogP contribution in [0.1, 0.15) is 51.8 Å². The summed E-state index contributed by atoms with van der Waals surface area (Å²) in [6, 6.07) is 1.95. The molecule has 1 heterocycles. The first-order valence-corrected chi connectivity index (χ1v) is 7.51. The van der Waals surface area contributed by atoms with Crippen LogP contribution >= 0.6 is 0 Å². The van der Waals surface area contributed by atoms with Crippen molar-refractivity contribution < 1.29 is 5.11 Å². The zero-order valence-electron chi connectivity index (χ0n) is 12.7. The molecule has 5 nitrogen and oxygen atoms in total. The van der Waals surface area contributed by atoms with E-state index in [0.717, 1.165) is 30.4 Å². The first-order chi connectivity index (χ1) is 9.54. The van der Waals surface area contributed by atoms with Gasteiger partial charge in [0.05, 0.1) is 0 Å². The summed E-state index contributed by atoms with van der Waals surface area (Å²) < 4.78 is 0. The Morgan fingerprint density at radius 2 is 1.90 bits per heavy atom. The van der Waals surface area contributed by atoms with Gasteiger partial charge in [0, 0.05) is 37.1 Å². The quantitative estimate of drug-likeness (QED) is 0.682. The fourth-order valence-electron chi connectivity index (χ4n) is 1.81. The molecular weight excluding hydrogens is 252 g/mol. The van der Waals surface area contributed by atoms with Crippen LogP contribution in [0.4, 0.5) is 11.6 Å². The molecule has 0 bridgehead atoms. The van der Waals surface area contributed by atoms with Gasteiger partial charge in [-0.05, 0) is 19.3 Å². The maximum atomic E-state index is 9.31. The molecule has 5 heteroatoms. The van der Waals surface area contributed by atoms with Gasteiger partial charge in [-0.15, -0.1) is 0 Å². The van der Waals surface area contributed by atoms with Crippen LogP contribution < -0.4 is 10.6 Å². The van der Waals surface area contributed by atoms with E-state index in [1.165, 1.54) is 12.8 Å². The zero-order valence-corrected chi connectivity index (χ0v) is 12.7. The minimum absolute atomic E-state index is 0.151. The summed E-state index contributed by atoms with van der Waals surface area (Å²) in [6.45, 7) is 7.96. The number of nitrogens with one attached hydrogen (secondary N) is 2. The Hall–Kier alpha value is -1.36. The Labute approximate surface area is 121 Å². The second kappa shape index (κ2) is 6.39. The molecule has 1 fully saturated rings. The molecule has 0 atom stereocenters. The van der Waals surface area contributed by atoms with Crippen LogP contribution in [0.3, 0.4) is 0 Å². The molecule has 1 aromatic heterocycles. The monoisotopic (exact) mass is 278 g/mol. The average Bonchev–Trinajstić information content (AvgIpc) is 3.27. The Kier molecular flexibility index (Phi) is 4.81. The van der Waals surface area contributed by atoms with Gasteiger partial charge in [0.25, 0.3) is 0 Å². The van der Waals surface area contributed by atoms with E-state index < -0.39 is 0 Å². The summed E-state index contributed by atoms with van der Waals surface area (Å²) in [6.07, 6.45) is 3.46. The van der Waals surface area contributed by atoms with Crippen LogP contribution in [-0.4, -0.2) is 34.8 Å². The Morgan fingerprint density at radius 3 is 2.45 bits per heavy atom. The Balaban J connectivity index is 2.08. The molecule has 0 radical (unpaired) electrons. The number of aromatic nitrogens is 2. The minimum Gasteiger partial charge on any atom is -0.396 e. The molecule has 112 valence electrons. The maximum Gasteiger partial charge on any atom is 0.136 e. The van der Waals surface area contributed by atoms with Gasteiger partial charge in [-0.25, -0.2) is 9.97 Å². The number of nitrogens with zero attached hydrogens (tertiary/aromatic N) is 2. The van der Waals surface area contributed by atoms with E-state index in [9.17, 15) is 5.11 Å². The predicted octanol–water partition coefficient (Wildman–Crippen LogP) is 2.61. The molecule has 0 saturated heterocycles. The van der Waals surface area contributed by atoms with Crippen LogP contribution in [0.5, 0.6) is 0 Å². The van der Waals surface area contributed by atoms with Gasteiger partial charge in [-0.2, -0.15) is 0 Å². The Morgan fingerprint density at radius 1 is 1.25 bits per heavy atom. The molecule has 1 aliphatic carbocycles. The van der Waals surface area contributed by atoms with Crippen molar-refractivity contribution in [2.75, 3.05) is 30.3 Å². The minimum atomic E-state index is -0.151. The highest BCUT2D eigenvalue weighted by molar-refractivity contribution is 5.48. The highest BCUT2D eigenvalue weighted by Gasteiger charge is 2.27. The van der Waals surface area contributed by atoms with E-state index in [-0.39, 0.29) is 12.0 Å². The van der Waals surface area contributed by atoms with Crippen molar-refractivity contribution in [3.63, 3.8) is 0 Å². The van der Waals surface area contributed by atoms with Gasteiger partial charge in [0.1, 0.15) is 17.5 Å². The lowest BCUT2D eigenvalue weighted by atomic mass is 9.95. The van der Waals surface area contributed by atoms with E-state index in [1.807, 2.05) is 19.9 Å². The fraction of sp³-hybridized carbons (Fsp3) is 0.733. The smallest absolute Gasteiger partial charge is 0.136 e. The SMILES string of the molecule is CCCNc1cc(NCC(C)(C)CO)nc(C2CC2)n1. The second-order valence-corrected chi connectivity index (χ2v) is 6.37. The van der Waals surface area contributed by atoms with E-state index >= 15 is 0 Å². The standard InChI is InChI=1S/C15H26N4O/c1-4-7-16-12-8-13(17-9-15(2,3)10-20)19-14(18-12)11-5-6-11/h8,11,20H,4-7,9-10H2,1-3H3,(H2,16,17,18,19). The number of rotatable bonds is 8. The van der Waals surface area contributed by atoms with Crippen molar-refractivity contribution in [2.45, 2.75) is 46.0 Å². The topological polar surface area (TPSA) is 70.1 Å². The molecule has 0 unspecified atom stereocenters. The largest absolute Gasteiger partial charge is 0.396 e. The highest BCUT2D eigenvalue weighted by Crippen LogP contribution is 2.38. The van der Waals surface area contributed by atoms with Crippen molar-refractivity contribution in [3.8, 4) is 0 Å². The molecule has 0 spiro atoms. The first kappa shape index (κ1) is 15.0. The molecule has 20 heavy (non-hydrogen) atoms. The third kappa shape index (κ3) is 4.34. The lowest BCUT2D eigenvalue weighted by Gasteiger charge is -2.22. The van der Waals surface area contributed by atoms with E-state index in [1.54, 1.807) is 0 Å². The number of hydrogen-bond donors (Lipinski definition) is 3. The lowest BCUT2D eigenvalue weighted by Crippen LogP contribution is -2.27. The van der Waals surface area contributed by atoms with Crippen LogP contribution in [-0.2, 0) is 0 Å². The zero-order chi connectivity index (χ0) is 14.6. The normalized spacial score (nSPS) is 15.2. The van der Waals surface area contributed by atoms with Crippen molar-refractivity contribution in [1.82, 2.24) is 9.97 Å². The summed E-state index contributed by atoms with van der Waals surface area (Å²) in [4.78, 5) is 9.18. The lowest BCUT2D eigenvalue weighted by molar-refractivity contribution is 0.170. The van der Waals surface area contributed by atoms with Crippen LogP contribution in [0.2, 0.25) is 0 Å². The van der Waals surface area contributed by atoms with Gasteiger partial charge < -0.3 is 15.7 Å². The molecule has 2 rings (SSSR count). The third-order valence-corrected chi connectivity index (χ3v) is 3.42. The molecule has 0 aromatic carbocycles. The van der Waals surface area contributed by atoms with Gasteiger partial charge in [-0.3, -0.25) is 0 Å². The van der Waals surface area contributed by atoms with Crippen LogP contribution in [0.25, 0.3) is 0 Å². The molecule has 3 N–H and O–H groups in total. The van der Waals surface area contributed by atoms with Crippen LogP contribution in [0, 0.1) is 5.41 Å². The number of aliphatic hydroxyl groups is 1. The number of anilines is 2. The van der Waals surface area contributed by atoms with Gasteiger partial charge in [0.2, 0.25) is 0 Å². The molecular formula is C15H26N4O. The summed E-state index contributed by atoms with van der Waals surface area (Å²) >= 11 is 0. The summed E-state index contributed by atoms with van der Waals surface area (Å²) in [7, 11) is 0. The van der Waals surface area contributed by atoms with E-state index in [0.29, 0.717) is 12.5 Å². The van der Waals surface area contributed by atoms with Gasteiger partial charge in [0.15, 0.2) is 0 Å².